The van der Waals surface area contributed by atoms with Gasteiger partial charge in [-0.1, -0.05) is 13.3 Å². The quantitative estimate of drug-likeness (QED) is 0.809. The van der Waals surface area contributed by atoms with Crippen molar-refractivity contribution in [3.8, 4) is 5.75 Å². The zero-order valence-corrected chi connectivity index (χ0v) is 12.2. The van der Waals surface area contributed by atoms with Crippen LogP contribution in [0.4, 0.5) is 0 Å². The van der Waals surface area contributed by atoms with Crippen molar-refractivity contribution in [2.45, 2.75) is 45.1 Å². The highest BCUT2D eigenvalue weighted by Gasteiger charge is 2.40. The molecule has 1 aliphatic carbocycles. The maximum Gasteiger partial charge on any atom is 0.170 e. The maximum atomic E-state index is 12.8. The number of hydrogen-bond donors (Lipinski definition) is 1. The molecule has 1 saturated carbocycles. The highest BCUT2D eigenvalue weighted by atomic mass is 16.5. The maximum absolute atomic E-state index is 12.8. The van der Waals surface area contributed by atoms with Crippen molar-refractivity contribution in [2.24, 2.45) is 5.41 Å². The Hall–Kier alpha value is -1.35. The van der Waals surface area contributed by atoms with E-state index >= 15 is 0 Å². The summed E-state index contributed by atoms with van der Waals surface area (Å²) < 4.78 is 5.73. The summed E-state index contributed by atoms with van der Waals surface area (Å²) in [5, 5.41) is 3.35. The van der Waals surface area contributed by atoms with Gasteiger partial charge in [0.25, 0.3) is 0 Å². The van der Waals surface area contributed by atoms with E-state index in [2.05, 4.69) is 12.2 Å². The molecule has 3 heteroatoms. The van der Waals surface area contributed by atoms with Crippen molar-refractivity contribution < 1.29 is 9.53 Å². The van der Waals surface area contributed by atoms with Gasteiger partial charge in [-0.15, -0.1) is 0 Å². The molecule has 1 aliphatic heterocycles. The Morgan fingerprint density at radius 3 is 2.65 bits per heavy atom. The number of benzene rings is 1. The number of carbonyl (C=O) groups excluding carboxylic acids is 1. The number of ether oxygens (including phenoxy) is 1. The molecular weight excluding hydrogens is 250 g/mol. The van der Waals surface area contributed by atoms with Gasteiger partial charge in [-0.25, -0.2) is 0 Å². The highest BCUT2D eigenvalue weighted by Crippen LogP contribution is 2.35. The third kappa shape index (κ3) is 2.73. The number of nitrogens with one attached hydrogen (secondary N) is 1. The van der Waals surface area contributed by atoms with Gasteiger partial charge in [0.05, 0.1) is 6.10 Å². The minimum absolute atomic E-state index is 0.187. The molecule has 2 fully saturated rings. The minimum atomic E-state index is -0.187. The number of Topliss-reactive ketones (excluding diaryl/α,β-unsaturated/α-hetero) is 1. The Morgan fingerprint density at radius 2 is 2.10 bits per heavy atom. The van der Waals surface area contributed by atoms with Gasteiger partial charge in [0.2, 0.25) is 0 Å². The third-order valence-corrected chi connectivity index (χ3v) is 4.40. The smallest absolute Gasteiger partial charge is 0.170 e. The largest absolute Gasteiger partial charge is 0.490 e. The fourth-order valence-corrected chi connectivity index (χ4v) is 3.11. The molecular formula is C17H23NO2. The van der Waals surface area contributed by atoms with Crippen molar-refractivity contribution in [3.63, 3.8) is 0 Å². The van der Waals surface area contributed by atoms with Gasteiger partial charge in [-0.05, 0) is 56.5 Å². The number of hydrogen-bond acceptors (Lipinski definition) is 3. The Morgan fingerprint density at radius 1 is 1.35 bits per heavy atom. The summed E-state index contributed by atoms with van der Waals surface area (Å²) in [6.45, 7) is 3.93. The number of carbonyl (C=O) groups is 1. The van der Waals surface area contributed by atoms with E-state index in [4.69, 9.17) is 4.74 Å². The van der Waals surface area contributed by atoms with E-state index in [1.165, 1.54) is 0 Å². The molecule has 1 unspecified atom stereocenters. The normalized spacial score (nSPS) is 25.6. The zero-order valence-electron chi connectivity index (χ0n) is 12.2. The SMILES string of the molecule is CCCC1(C(=O)c2ccc(OC3CC3)cc2)CCNC1. The molecule has 3 rings (SSSR count). The summed E-state index contributed by atoms with van der Waals surface area (Å²) in [6, 6.07) is 7.73. The summed E-state index contributed by atoms with van der Waals surface area (Å²) >= 11 is 0. The lowest BCUT2D eigenvalue weighted by Gasteiger charge is -2.26. The molecule has 0 aromatic heterocycles. The van der Waals surface area contributed by atoms with E-state index in [0.29, 0.717) is 11.9 Å². The summed E-state index contributed by atoms with van der Waals surface area (Å²) in [4.78, 5) is 12.8. The van der Waals surface area contributed by atoms with Crippen LogP contribution in [-0.2, 0) is 0 Å². The Labute approximate surface area is 120 Å². The van der Waals surface area contributed by atoms with E-state index in [-0.39, 0.29) is 5.41 Å². The first-order valence-corrected chi connectivity index (χ1v) is 7.76. The average Bonchev–Trinajstić information content (AvgIpc) is 3.15. The molecule has 1 aromatic rings. The second-order valence-electron chi connectivity index (χ2n) is 6.13. The van der Waals surface area contributed by atoms with Crippen LogP contribution in [-0.4, -0.2) is 25.0 Å². The van der Waals surface area contributed by atoms with E-state index in [0.717, 1.165) is 56.5 Å². The van der Waals surface area contributed by atoms with Crippen molar-refractivity contribution in [2.75, 3.05) is 13.1 Å². The molecule has 1 N–H and O–H groups in total. The molecule has 3 nitrogen and oxygen atoms in total. The second-order valence-corrected chi connectivity index (χ2v) is 6.13. The first-order chi connectivity index (χ1) is 9.73. The predicted molar refractivity (Wildman–Crippen MR) is 79.3 cm³/mol. The van der Waals surface area contributed by atoms with Crippen molar-refractivity contribution in [1.29, 1.82) is 0 Å². The molecule has 0 amide bonds. The second kappa shape index (κ2) is 5.57. The summed E-state index contributed by atoms with van der Waals surface area (Å²) in [5.41, 5.74) is 0.637. The lowest BCUT2D eigenvalue weighted by molar-refractivity contribution is 0.0802. The molecule has 0 bridgehead atoms. The first kappa shape index (κ1) is 13.6. The van der Waals surface area contributed by atoms with Crippen LogP contribution < -0.4 is 10.1 Å². The number of rotatable bonds is 6. The lowest BCUT2D eigenvalue weighted by Crippen LogP contribution is -2.33. The monoisotopic (exact) mass is 273 g/mol. The third-order valence-electron chi connectivity index (χ3n) is 4.40. The van der Waals surface area contributed by atoms with Crippen molar-refractivity contribution in [1.82, 2.24) is 5.32 Å². The van der Waals surface area contributed by atoms with Gasteiger partial charge in [0.1, 0.15) is 5.75 Å². The van der Waals surface area contributed by atoms with Crippen LogP contribution in [0.25, 0.3) is 0 Å². The van der Waals surface area contributed by atoms with Crippen molar-refractivity contribution in [3.05, 3.63) is 29.8 Å². The van der Waals surface area contributed by atoms with Gasteiger partial charge in [0, 0.05) is 17.5 Å². The van der Waals surface area contributed by atoms with Gasteiger partial charge in [-0.2, -0.15) is 0 Å². The molecule has 0 spiro atoms. The minimum Gasteiger partial charge on any atom is -0.490 e. The Kier molecular flexibility index (Phi) is 3.79. The van der Waals surface area contributed by atoms with Gasteiger partial charge >= 0.3 is 0 Å². The molecule has 1 aromatic carbocycles. The zero-order chi connectivity index (χ0) is 14.0. The summed E-state index contributed by atoms with van der Waals surface area (Å²) in [7, 11) is 0. The van der Waals surface area contributed by atoms with E-state index in [9.17, 15) is 4.79 Å². The molecule has 1 heterocycles. The molecule has 2 aliphatic rings. The lowest BCUT2D eigenvalue weighted by atomic mass is 9.76. The molecule has 0 radical (unpaired) electrons. The van der Waals surface area contributed by atoms with Crippen LogP contribution in [0.1, 0.15) is 49.4 Å². The van der Waals surface area contributed by atoms with Crippen LogP contribution in [0.3, 0.4) is 0 Å². The molecule has 1 saturated heterocycles. The summed E-state index contributed by atoms with van der Waals surface area (Å²) in [5.74, 6) is 1.18. The molecule has 20 heavy (non-hydrogen) atoms. The van der Waals surface area contributed by atoms with Crippen molar-refractivity contribution >= 4 is 5.78 Å². The van der Waals surface area contributed by atoms with Crippen LogP contribution in [0, 0.1) is 5.41 Å². The number of ketones is 1. The van der Waals surface area contributed by atoms with Crippen LogP contribution in [0.15, 0.2) is 24.3 Å². The van der Waals surface area contributed by atoms with Gasteiger partial charge in [-0.3, -0.25) is 4.79 Å². The van der Waals surface area contributed by atoms with Crippen LogP contribution in [0.2, 0.25) is 0 Å². The molecule has 1 atom stereocenters. The fourth-order valence-electron chi connectivity index (χ4n) is 3.11. The molecule has 108 valence electrons. The predicted octanol–water partition coefficient (Wildman–Crippen LogP) is 3.19. The van der Waals surface area contributed by atoms with E-state index in [1.807, 2.05) is 24.3 Å². The van der Waals surface area contributed by atoms with Gasteiger partial charge in [0.15, 0.2) is 5.78 Å². The summed E-state index contributed by atoms with van der Waals surface area (Å²) in [6.07, 6.45) is 5.70. The van der Waals surface area contributed by atoms with E-state index in [1.54, 1.807) is 0 Å². The topological polar surface area (TPSA) is 38.3 Å². The average molecular weight is 273 g/mol. The first-order valence-electron chi connectivity index (χ1n) is 7.76. The standard InChI is InChI=1S/C17H23NO2/c1-2-9-17(10-11-18-12-17)16(19)13-3-5-14(6-4-13)20-15-7-8-15/h3-6,15,18H,2,7-12H2,1H3. The fraction of sp³-hybridized carbons (Fsp3) is 0.588. The van der Waals surface area contributed by atoms with E-state index < -0.39 is 0 Å². The van der Waals surface area contributed by atoms with Crippen LogP contribution in [0.5, 0.6) is 5.75 Å². The van der Waals surface area contributed by atoms with Gasteiger partial charge < -0.3 is 10.1 Å². The Balaban J connectivity index is 1.74. The highest BCUT2D eigenvalue weighted by molar-refractivity contribution is 6.01. The Bertz CT molecular complexity index is 470. The van der Waals surface area contributed by atoms with Crippen LogP contribution >= 0.6 is 0 Å².